The van der Waals surface area contributed by atoms with E-state index in [-0.39, 0.29) is 52.6 Å². The van der Waals surface area contributed by atoms with Crippen molar-refractivity contribution in [3.63, 3.8) is 0 Å². The molecule has 0 spiro atoms. The summed E-state index contributed by atoms with van der Waals surface area (Å²) in [6.07, 6.45) is -52.5. The van der Waals surface area contributed by atoms with E-state index in [1.54, 1.807) is 0 Å². The van der Waals surface area contributed by atoms with E-state index < -0.39 is 404 Å². The molecule has 0 heterocycles. The monoisotopic (exact) mass is 1930 g/mol. The predicted molar refractivity (Wildman–Crippen MR) is 432 cm³/mol. The van der Waals surface area contributed by atoms with Gasteiger partial charge in [0.25, 0.3) is 0 Å². The Bertz CT molecular complexity index is 2850. The molecule has 59 heteroatoms. The fourth-order valence-corrected chi connectivity index (χ4v) is 10.6. The minimum Gasteiger partial charge on any atom is -0.447 e. The Morgan fingerprint density at radius 2 is 0.420 bits per heavy atom. The molecule has 12 unspecified atom stereocenters. The summed E-state index contributed by atoms with van der Waals surface area (Å²) >= 11 is 0. The van der Waals surface area contributed by atoms with Crippen LogP contribution in [0.2, 0.25) is 0 Å². The number of ether oxygens (including phenoxy) is 12. The van der Waals surface area contributed by atoms with Crippen molar-refractivity contribution in [3.05, 3.63) is 0 Å². The highest BCUT2D eigenvalue weighted by Crippen LogP contribution is 2.15. The molecule has 0 saturated heterocycles. The highest BCUT2D eigenvalue weighted by atomic mass is 16.6. The van der Waals surface area contributed by atoms with E-state index in [9.17, 15) is 172 Å². The Morgan fingerprint density at radius 3 is 0.656 bits per heavy atom. The van der Waals surface area contributed by atoms with Gasteiger partial charge in [-0.05, 0) is 0 Å². The molecule has 29 atom stereocenters. The second-order valence-corrected chi connectivity index (χ2v) is 30.2. The molecule has 0 saturated carbocycles. The Morgan fingerprint density at radius 1 is 0.229 bits per heavy atom. The van der Waals surface area contributed by atoms with E-state index in [0.29, 0.717) is 0 Å². The van der Waals surface area contributed by atoms with Gasteiger partial charge in [0, 0.05) is 78.5 Å². The SMILES string of the molecule is N[C@H](CC(=O)NCCNC(=O)OCC(O)COCC(O)COCC(O)CNC(=O)OCC(O)COCC(O)COCC(O)CN(C[C@H](O)[C@@H](O)[C@H](O)[C@H](O)CO)C[C@H](O)[C@@H](O)[C@H](O)[C@H](O)CO)C(=O)NCCNC(=O)OCC(O)COCC(O)COCC(O)CNC(=O)OCC(O)COCC(O)COCC(O)CN(C[C@H](O)[C@@H](O)[C@H](O)[C@H](O)CO)C[C@H](O)[C@@H](O)[C@H](O)[C@H](O)CO. The molecule has 0 aromatic heterocycles. The van der Waals surface area contributed by atoms with Gasteiger partial charge in [0.2, 0.25) is 11.8 Å². The number of carbonyl (C=O) groups excluding carboxylic acids is 6. The summed E-state index contributed by atoms with van der Waals surface area (Å²) < 4.78 is 61.1. The van der Waals surface area contributed by atoms with Gasteiger partial charge in [0.15, 0.2) is 0 Å². The zero-order chi connectivity index (χ0) is 99.3. The van der Waals surface area contributed by atoms with Crippen LogP contribution in [0, 0.1) is 0 Å². The van der Waals surface area contributed by atoms with Gasteiger partial charge in [-0.2, -0.15) is 0 Å². The van der Waals surface area contributed by atoms with Crippen molar-refractivity contribution < 1.29 is 249 Å². The van der Waals surface area contributed by atoms with Crippen molar-refractivity contribution in [3.8, 4) is 0 Å². The Labute approximate surface area is 751 Å². The van der Waals surface area contributed by atoms with E-state index in [0.717, 1.165) is 9.80 Å². The number of amides is 6. The van der Waals surface area contributed by atoms with Crippen molar-refractivity contribution in [1.29, 1.82) is 0 Å². The first-order chi connectivity index (χ1) is 61.8. The number of aliphatic hydroxyl groups excluding tert-OH is 32. The number of nitrogens with two attached hydrogens (primary N) is 1. The molecule has 40 N–H and O–H groups in total. The van der Waals surface area contributed by atoms with Crippen LogP contribution in [-0.4, -0.2) is 623 Å². The molecule has 0 rings (SSSR count). The summed E-state index contributed by atoms with van der Waals surface area (Å²) in [5.41, 5.74) is 5.80. The van der Waals surface area contributed by atoms with Crippen LogP contribution in [0.5, 0.6) is 0 Å². The Hall–Kier alpha value is -5.70. The molecule has 0 aliphatic rings. The molecule has 0 aromatic carbocycles. The van der Waals surface area contributed by atoms with E-state index in [2.05, 4.69) is 31.9 Å². The lowest BCUT2D eigenvalue weighted by Gasteiger charge is -2.34. The van der Waals surface area contributed by atoms with Crippen molar-refractivity contribution in [1.82, 2.24) is 41.7 Å². The maximum absolute atomic E-state index is 12.4. The van der Waals surface area contributed by atoms with Crippen LogP contribution in [0.1, 0.15) is 6.42 Å². The van der Waals surface area contributed by atoms with Gasteiger partial charge in [-0.25, -0.2) is 19.2 Å². The normalized spacial score (nSPS) is 18.8. The van der Waals surface area contributed by atoms with Crippen molar-refractivity contribution >= 4 is 36.2 Å². The summed E-state index contributed by atoms with van der Waals surface area (Å²) in [5.74, 6) is -1.45. The molecule has 0 aromatic rings. The summed E-state index contributed by atoms with van der Waals surface area (Å²) in [6.45, 7) is -18.3. The largest absolute Gasteiger partial charge is 0.447 e. The van der Waals surface area contributed by atoms with Crippen LogP contribution in [-0.2, 0) is 66.4 Å². The van der Waals surface area contributed by atoms with Crippen LogP contribution in [0.4, 0.5) is 19.2 Å². The molecule has 0 radical (unpaired) electrons. The van der Waals surface area contributed by atoms with Crippen LogP contribution < -0.4 is 37.6 Å². The first kappa shape index (κ1) is 125. The Kier molecular flexibility index (Phi) is 70.3. The number of rotatable bonds is 81. The number of hydrogen-bond acceptors (Lipinski definition) is 53. The maximum Gasteiger partial charge on any atom is 0.407 e. The van der Waals surface area contributed by atoms with Crippen molar-refractivity contribution in [2.45, 2.75) is 183 Å². The zero-order valence-corrected chi connectivity index (χ0v) is 72.0. The lowest BCUT2D eigenvalue weighted by molar-refractivity contribution is -0.133. The topological polar surface area (TPSA) is 965 Å². The average Bonchev–Trinajstić information content (AvgIpc) is 0.866. The third-order valence-electron chi connectivity index (χ3n) is 17.7. The summed E-state index contributed by atoms with van der Waals surface area (Å²) in [7, 11) is 0. The third-order valence-corrected chi connectivity index (χ3v) is 17.7. The molecule has 131 heavy (non-hydrogen) atoms. The van der Waals surface area contributed by atoms with Crippen molar-refractivity contribution in [2.24, 2.45) is 5.73 Å². The lowest BCUT2D eigenvalue weighted by Crippen LogP contribution is -2.54. The number of carbonyl (C=O) groups is 6. The number of aliphatic hydroxyl groups is 32. The smallest absolute Gasteiger partial charge is 0.407 e. The number of alkyl carbamates (subject to hydrolysis) is 4. The van der Waals surface area contributed by atoms with E-state index in [4.69, 9.17) is 83.0 Å². The molecule has 6 amide bonds. The zero-order valence-electron chi connectivity index (χ0n) is 72.0. The third kappa shape index (κ3) is 61.2. The minimum atomic E-state index is -2.07. The van der Waals surface area contributed by atoms with Gasteiger partial charge >= 0.3 is 24.4 Å². The molecular formula is C72H143N9O50. The van der Waals surface area contributed by atoms with Gasteiger partial charge in [0.05, 0.1) is 193 Å². The van der Waals surface area contributed by atoms with Gasteiger partial charge in [-0.15, -0.1) is 0 Å². The molecule has 0 fully saturated rings. The van der Waals surface area contributed by atoms with E-state index in [1.165, 1.54) is 0 Å². The molecule has 0 aliphatic heterocycles. The number of nitrogens with one attached hydrogen (secondary N) is 6. The van der Waals surface area contributed by atoms with Crippen LogP contribution in [0.3, 0.4) is 0 Å². The minimum absolute atomic E-state index is 0.139. The van der Waals surface area contributed by atoms with Gasteiger partial charge < -0.3 is 258 Å². The molecular weight excluding hydrogens is 1790 g/mol. The van der Waals surface area contributed by atoms with Crippen molar-refractivity contribution in [2.75, 3.05) is 237 Å². The summed E-state index contributed by atoms with van der Waals surface area (Å²) in [4.78, 5) is 75.3. The average molecular weight is 1930 g/mol. The van der Waals surface area contributed by atoms with Gasteiger partial charge in [-0.1, -0.05) is 0 Å². The van der Waals surface area contributed by atoms with Crippen LogP contribution >= 0.6 is 0 Å². The van der Waals surface area contributed by atoms with Crippen LogP contribution in [0.25, 0.3) is 0 Å². The van der Waals surface area contributed by atoms with Gasteiger partial charge in [-0.3, -0.25) is 19.4 Å². The lowest BCUT2D eigenvalue weighted by atomic mass is 10.0. The highest BCUT2D eigenvalue weighted by Gasteiger charge is 2.38. The molecule has 59 nitrogen and oxygen atoms in total. The number of hydrogen-bond donors (Lipinski definition) is 39. The van der Waals surface area contributed by atoms with Gasteiger partial charge in [0.1, 0.15) is 149 Å². The summed E-state index contributed by atoms with van der Waals surface area (Å²) in [6, 6.07) is -1.33. The molecule has 0 aliphatic carbocycles. The molecule has 776 valence electrons. The Balaban J connectivity index is 4.27. The van der Waals surface area contributed by atoms with Crippen LogP contribution in [0.15, 0.2) is 0 Å². The highest BCUT2D eigenvalue weighted by molar-refractivity contribution is 5.88. The maximum atomic E-state index is 12.4. The number of nitrogens with zero attached hydrogens (tertiary/aromatic N) is 2. The van der Waals surface area contributed by atoms with E-state index >= 15 is 0 Å². The second-order valence-electron chi connectivity index (χ2n) is 30.2. The second kappa shape index (κ2) is 73.5. The summed E-state index contributed by atoms with van der Waals surface area (Å²) in [5, 5.41) is 334. The predicted octanol–water partition coefficient (Wildman–Crippen LogP) is -23.3. The standard InChI is InChI=1S/C72H143N9O50/c73-50(68(115)75-2-4-77-70(117)129-35-47(95)31-125-27-43(91)23-121-19-39(87)7-79-72(119)131-37-49(97)33-127-29-45(93)25-123-21-41(89)9-81(12-53(100)62(109)66(113)57(104)16-84)13-54(101)63(110)67(114)58(105)17-85)5-59(106)74-1-3-76-69(116)128-34-46(94)30-124-26-42(90)22-120-18-38(86)6-78-71(118)130-36-48(96)32-126-28-44(92)24-122-20-40(88)8-80(10-51(98)60(107)64(111)55(102)14-82)11-52(99)61(108)65(112)56(103)15-83/h38-58,60-67,82-105,107-114H,1-37,73H2,(H,74,106)(H,75,115)(H,76,116)(H,77,117)(H,78,118)(H,79,119)/t38?,39?,40?,41?,42?,43?,44?,45?,46?,47?,48?,49?,50-,51+,52+,53+,54+,55-,56-,57-,58-,60-,61-,62-,63-,64-,65-,66-,67-/m1/s1. The quantitative estimate of drug-likeness (QED) is 0.0199. The first-order valence-electron chi connectivity index (χ1n) is 41.3. The van der Waals surface area contributed by atoms with E-state index in [1.807, 2.05) is 0 Å². The molecule has 0 bridgehead atoms. The first-order valence-corrected chi connectivity index (χ1v) is 41.3. The fourth-order valence-electron chi connectivity index (χ4n) is 10.6. The fraction of sp³-hybridized carbons (Fsp3) is 0.917.